The lowest BCUT2D eigenvalue weighted by molar-refractivity contribution is 0.127. The number of likely N-dealkylation sites (tertiary alicyclic amines) is 1. The molecule has 1 aliphatic heterocycles. The van der Waals surface area contributed by atoms with Gasteiger partial charge in [0.15, 0.2) is 0 Å². The molecule has 0 saturated carbocycles. The first-order valence-electron chi connectivity index (χ1n) is 5.20. The van der Waals surface area contributed by atoms with Crippen LogP contribution in [0.3, 0.4) is 0 Å². The number of hydrogen-bond donors (Lipinski definition) is 1. The van der Waals surface area contributed by atoms with E-state index in [0.29, 0.717) is 5.92 Å². The predicted octanol–water partition coefficient (Wildman–Crippen LogP) is 1.71. The van der Waals surface area contributed by atoms with Crippen molar-refractivity contribution in [2.75, 3.05) is 25.5 Å². The SMILES string of the molecule is CC(O)C1CCN(CCCCCl)C1. The zero-order valence-electron chi connectivity index (χ0n) is 8.38. The molecule has 1 aliphatic rings. The van der Waals surface area contributed by atoms with Crippen LogP contribution in [-0.4, -0.2) is 41.6 Å². The molecule has 2 atom stereocenters. The van der Waals surface area contributed by atoms with Gasteiger partial charge < -0.3 is 10.0 Å². The molecule has 0 radical (unpaired) electrons. The summed E-state index contributed by atoms with van der Waals surface area (Å²) in [6.07, 6.45) is 3.31. The van der Waals surface area contributed by atoms with Crippen LogP contribution in [0.1, 0.15) is 26.2 Å². The zero-order valence-corrected chi connectivity index (χ0v) is 9.13. The molecule has 0 amide bonds. The molecule has 13 heavy (non-hydrogen) atoms. The lowest BCUT2D eigenvalue weighted by atomic mass is 10.0. The smallest absolute Gasteiger partial charge is 0.0552 e. The summed E-state index contributed by atoms with van der Waals surface area (Å²) in [6, 6.07) is 0. The molecule has 0 aromatic rings. The molecular weight excluding hydrogens is 186 g/mol. The minimum atomic E-state index is -0.141. The van der Waals surface area contributed by atoms with Gasteiger partial charge >= 0.3 is 0 Å². The highest BCUT2D eigenvalue weighted by molar-refractivity contribution is 6.17. The molecule has 3 heteroatoms. The Labute approximate surface area is 85.9 Å². The molecule has 1 rings (SSSR count). The topological polar surface area (TPSA) is 23.5 Å². The summed E-state index contributed by atoms with van der Waals surface area (Å²) in [5.41, 5.74) is 0. The summed E-state index contributed by atoms with van der Waals surface area (Å²) >= 11 is 5.61. The number of aliphatic hydroxyl groups is 1. The molecule has 1 fully saturated rings. The van der Waals surface area contributed by atoms with E-state index >= 15 is 0 Å². The van der Waals surface area contributed by atoms with Crippen LogP contribution in [0, 0.1) is 5.92 Å². The maximum Gasteiger partial charge on any atom is 0.0552 e. The number of aliphatic hydroxyl groups excluding tert-OH is 1. The highest BCUT2D eigenvalue weighted by Gasteiger charge is 2.24. The van der Waals surface area contributed by atoms with E-state index in [4.69, 9.17) is 11.6 Å². The molecule has 0 aromatic carbocycles. The van der Waals surface area contributed by atoms with Crippen molar-refractivity contribution >= 4 is 11.6 Å². The van der Waals surface area contributed by atoms with Gasteiger partial charge in [0.1, 0.15) is 0 Å². The van der Waals surface area contributed by atoms with E-state index in [2.05, 4.69) is 4.90 Å². The fraction of sp³-hybridized carbons (Fsp3) is 1.00. The van der Waals surface area contributed by atoms with Crippen molar-refractivity contribution in [1.82, 2.24) is 4.90 Å². The van der Waals surface area contributed by atoms with E-state index in [0.717, 1.165) is 38.4 Å². The van der Waals surface area contributed by atoms with Crippen LogP contribution < -0.4 is 0 Å². The summed E-state index contributed by atoms with van der Waals surface area (Å²) in [7, 11) is 0. The van der Waals surface area contributed by atoms with Crippen LogP contribution in [0.2, 0.25) is 0 Å². The van der Waals surface area contributed by atoms with Crippen molar-refractivity contribution in [3.63, 3.8) is 0 Å². The zero-order chi connectivity index (χ0) is 9.68. The van der Waals surface area contributed by atoms with E-state index in [9.17, 15) is 5.11 Å². The quantitative estimate of drug-likeness (QED) is 0.546. The van der Waals surface area contributed by atoms with Gasteiger partial charge in [-0.1, -0.05) is 0 Å². The van der Waals surface area contributed by atoms with Gasteiger partial charge in [-0.25, -0.2) is 0 Å². The first-order chi connectivity index (χ1) is 6.24. The van der Waals surface area contributed by atoms with Crippen molar-refractivity contribution in [3.8, 4) is 0 Å². The average molecular weight is 206 g/mol. The molecule has 2 unspecified atom stereocenters. The monoisotopic (exact) mass is 205 g/mol. The molecule has 1 N–H and O–H groups in total. The first kappa shape index (κ1) is 11.3. The second-order valence-electron chi connectivity index (χ2n) is 3.99. The largest absolute Gasteiger partial charge is 0.393 e. The van der Waals surface area contributed by atoms with Crippen molar-refractivity contribution in [1.29, 1.82) is 0 Å². The average Bonchev–Trinajstić information content (AvgIpc) is 2.53. The minimum absolute atomic E-state index is 0.141. The number of halogens is 1. The highest BCUT2D eigenvalue weighted by Crippen LogP contribution is 2.19. The molecule has 0 bridgehead atoms. The molecule has 1 heterocycles. The van der Waals surface area contributed by atoms with E-state index in [1.165, 1.54) is 6.42 Å². The summed E-state index contributed by atoms with van der Waals surface area (Å²) in [6.45, 7) is 5.26. The number of nitrogens with zero attached hydrogens (tertiary/aromatic N) is 1. The predicted molar refractivity (Wildman–Crippen MR) is 56.2 cm³/mol. The van der Waals surface area contributed by atoms with Crippen LogP contribution >= 0.6 is 11.6 Å². The Morgan fingerprint density at radius 3 is 2.85 bits per heavy atom. The van der Waals surface area contributed by atoms with Gasteiger partial charge in [0, 0.05) is 12.4 Å². The highest BCUT2D eigenvalue weighted by atomic mass is 35.5. The lowest BCUT2D eigenvalue weighted by Crippen LogP contribution is -2.25. The van der Waals surface area contributed by atoms with Crippen LogP contribution in [0.4, 0.5) is 0 Å². The van der Waals surface area contributed by atoms with Gasteiger partial charge in [-0.15, -0.1) is 11.6 Å². The lowest BCUT2D eigenvalue weighted by Gasteiger charge is -2.16. The van der Waals surface area contributed by atoms with Crippen molar-refractivity contribution in [2.24, 2.45) is 5.92 Å². The van der Waals surface area contributed by atoms with E-state index in [-0.39, 0.29) is 6.10 Å². The fourth-order valence-electron chi connectivity index (χ4n) is 1.89. The molecular formula is C10H20ClNO. The third kappa shape index (κ3) is 3.84. The Hall–Kier alpha value is 0.210. The first-order valence-corrected chi connectivity index (χ1v) is 5.74. The Balaban J connectivity index is 2.10. The molecule has 0 spiro atoms. The molecule has 0 aliphatic carbocycles. The fourth-order valence-corrected chi connectivity index (χ4v) is 2.08. The molecule has 1 saturated heterocycles. The third-order valence-electron chi connectivity index (χ3n) is 2.85. The molecule has 2 nitrogen and oxygen atoms in total. The van der Waals surface area contributed by atoms with Crippen LogP contribution in [-0.2, 0) is 0 Å². The Morgan fingerprint density at radius 1 is 1.54 bits per heavy atom. The third-order valence-corrected chi connectivity index (χ3v) is 3.12. The maximum atomic E-state index is 9.39. The van der Waals surface area contributed by atoms with Crippen molar-refractivity contribution < 1.29 is 5.11 Å². The Kier molecular flexibility index (Phi) is 5.07. The van der Waals surface area contributed by atoms with Crippen LogP contribution in [0.5, 0.6) is 0 Å². The van der Waals surface area contributed by atoms with Crippen molar-refractivity contribution in [3.05, 3.63) is 0 Å². The molecule has 78 valence electrons. The Bertz CT molecular complexity index is 141. The van der Waals surface area contributed by atoms with Gasteiger partial charge in [0.2, 0.25) is 0 Å². The second-order valence-corrected chi connectivity index (χ2v) is 4.36. The minimum Gasteiger partial charge on any atom is -0.393 e. The summed E-state index contributed by atoms with van der Waals surface area (Å²) in [5.74, 6) is 1.27. The molecule has 0 aromatic heterocycles. The summed E-state index contributed by atoms with van der Waals surface area (Å²) in [5, 5.41) is 9.39. The summed E-state index contributed by atoms with van der Waals surface area (Å²) in [4.78, 5) is 2.43. The number of rotatable bonds is 5. The van der Waals surface area contributed by atoms with Crippen LogP contribution in [0.25, 0.3) is 0 Å². The van der Waals surface area contributed by atoms with E-state index in [1.54, 1.807) is 0 Å². The number of alkyl halides is 1. The maximum absolute atomic E-state index is 9.39. The number of unbranched alkanes of at least 4 members (excludes halogenated alkanes) is 1. The van der Waals surface area contributed by atoms with Gasteiger partial charge in [-0.2, -0.15) is 0 Å². The summed E-state index contributed by atoms with van der Waals surface area (Å²) < 4.78 is 0. The number of hydrogen-bond acceptors (Lipinski definition) is 2. The Morgan fingerprint density at radius 2 is 2.31 bits per heavy atom. The van der Waals surface area contributed by atoms with E-state index < -0.39 is 0 Å². The standard InChI is InChI=1S/C10H20ClNO/c1-9(13)10-4-7-12(8-10)6-3-2-5-11/h9-10,13H,2-8H2,1H3. The van der Waals surface area contributed by atoms with E-state index in [1.807, 2.05) is 6.92 Å². The van der Waals surface area contributed by atoms with Gasteiger partial charge in [0.05, 0.1) is 6.10 Å². The van der Waals surface area contributed by atoms with Gasteiger partial charge in [0.25, 0.3) is 0 Å². The normalized spacial score (nSPS) is 26.5. The van der Waals surface area contributed by atoms with Crippen LogP contribution in [0.15, 0.2) is 0 Å². The van der Waals surface area contributed by atoms with Gasteiger partial charge in [-0.05, 0) is 45.2 Å². The van der Waals surface area contributed by atoms with Gasteiger partial charge in [-0.3, -0.25) is 0 Å². The second kappa shape index (κ2) is 5.84. The van der Waals surface area contributed by atoms with Crippen molar-refractivity contribution in [2.45, 2.75) is 32.3 Å².